The molecule has 176 valence electrons. The first-order chi connectivity index (χ1) is 15.5. The van der Waals surface area contributed by atoms with E-state index in [4.69, 9.17) is 9.47 Å². The first-order valence-corrected chi connectivity index (χ1v) is 11.7. The van der Waals surface area contributed by atoms with Gasteiger partial charge in [-0.1, -0.05) is 13.0 Å². The number of esters is 1. The lowest BCUT2D eigenvalue weighted by molar-refractivity contribution is -0.144. The van der Waals surface area contributed by atoms with E-state index in [1.807, 2.05) is 0 Å². The van der Waals surface area contributed by atoms with Gasteiger partial charge in [0.15, 0.2) is 6.61 Å². The third-order valence-corrected chi connectivity index (χ3v) is 5.99. The Bertz CT molecular complexity index is 796. The third-order valence-electron chi connectivity index (χ3n) is 5.99. The molecule has 1 saturated heterocycles. The Hall–Kier alpha value is -2.61. The quantitative estimate of drug-likeness (QED) is 0.498. The largest absolute Gasteiger partial charge is 0.484 e. The summed E-state index contributed by atoms with van der Waals surface area (Å²) in [5.74, 6) is 0.204. The van der Waals surface area contributed by atoms with Gasteiger partial charge in [0.05, 0.1) is 13.0 Å². The van der Waals surface area contributed by atoms with Crippen molar-refractivity contribution in [2.24, 2.45) is 5.92 Å². The van der Waals surface area contributed by atoms with Crippen LogP contribution in [0, 0.1) is 5.92 Å². The van der Waals surface area contributed by atoms with E-state index in [1.54, 1.807) is 36.1 Å². The minimum Gasteiger partial charge on any atom is -0.484 e. The third kappa shape index (κ3) is 7.22. The van der Waals surface area contributed by atoms with Gasteiger partial charge < -0.3 is 19.7 Å². The number of rotatable bonds is 12. The van der Waals surface area contributed by atoms with Crippen molar-refractivity contribution >= 4 is 23.5 Å². The van der Waals surface area contributed by atoms with Crippen LogP contribution in [0.5, 0.6) is 5.75 Å². The van der Waals surface area contributed by atoms with E-state index in [0.717, 1.165) is 38.8 Å². The fourth-order valence-electron chi connectivity index (χ4n) is 4.04. The predicted molar refractivity (Wildman–Crippen MR) is 121 cm³/mol. The fourth-order valence-corrected chi connectivity index (χ4v) is 4.04. The summed E-state index contributed by atoms with van der Waals surface area (Å²) in [5, 5.41) is 2.89. The van der Waals surface area contributed by atoms with Crippen LogP contribution < -0.4 is 10.1 Å². The molecule has 0 radical (unpaired) electrons. The SMILES string of the molecule is CCOC(=O)CCN(CC1CCCN1CC)C(=O)COc1cccc(NC(=O)C2CC2)c1. The number of benzene rings is 1. The smallest absolute Gasteiger partial charge is 0.307 e. The average molecular weight is 446 g/mol. The Balaban J connectivity index is 1.57. The number of likely N-dealkylation sites (tertiary alicyclic amines) is 1. The Morgan fingerprint density at radius 2 is 2.00 bits per heavy atom. The topological polar surface area (TPSA) is 88.2 Å². The van der Waals surface area contributed by atoms with Crippen molar-refractivity contribution in [3.05, 3.63) is 24.3 Å². The summed E-state index contributed by atoms with van der Waals surface area (Å²) in [6, 6.07) is 7.39. The first kappa shape index (κ1) is 24.0. The monoisotopic (exact) mass is 445 g/mol. The van der Waals surface area contributed by atoms with Crippen LogP contribution in [-0.4, -0.2) is 73.0 Å². The molecule has 1 unspecified atom stereocenters. The lowest BCUT2D eigenvalue weighted by Crippen LogP contribution is -2.45. The molecule has 1 N–H and O–H groups in total. The molecule has 1 aliphatic carbocycles. The van der Waals surface area contributed by atoms with Crippen LogP contribution in [0.2, 0.25) is 0 Å². The molecular formula is C24H35N3O5. The molecule has 32 heavy (non-hydrogen) atoms. The average Bonchev–Trinajstić information content (AvgIpc) is 3.54. The highest BCUT2D eigenvalue weighted by molar-refractivity contribution is 5.94. The maximum Gasteiger partial charge on any atom is 0.307 e. The van der Waals surface area contributed by atoms with E-state index in [1.165, 1.54) is 0 Å². The Labute approximate surface area is 190 Å². The number of anilines is 1. The summed E-state index contributed by atoms with van der Waals surface area (Å²) in [7, 11) is 0. The van der Waals surface area contributed by atoms with Crippen LogP contribution in [0.4, 0.5) is 5.69 Å². The second-order valence-corrected chi connectivity index (χ2v) is 8.40. The summed E-state index contributed by atoms with van der Waals surface area (Å²) in [4.78, 5) is 40.9. The summed E-state index contributed by atoms with van der Waals surface area (Å²) >= 11 is 0. The zero-order valence-electron chi connectivity index (χ0n) is 19.2. The zero-order chi connectivity index (χ0) is 22.9. The lowest BCUT2D eigenvalue weighted by atomic mass is 10.2. The van der Waals surface area contributed by atoms with Crippen molar-refractivity contribution in [1.29, 1.82) is 0 Å². The molecule has 0 bridgehead atoms. The Kier molecular flexibility index (Phi) is 8.90. The van der Waals surface area contributed by atoms with Crippen LogP contribution in [0.25, 0.3) is 0 Å². The van der Waals surface area contributed by atoms with E-state index in [0.29, 0.717) is 37.2 Å². The molecular weight excluding hydrogens is 410 g/mol. The van der Waals surface area contributed by atoms with Crippen molar-refractivity contribution in [2.45, 2.75) is 52.0 Å². The molecule has 2 fully saturated rings. The molecule has 3 rings (SSSR count). The van der Waals surface area contributed by atoms with Gasteiger partial charge in [-0.25, -0.2) is 0 Å². The Morgan fingerprint density at radius 1 is 1.19 bits per heavy atom. The van der Waals surface area contributed by atoms with Gasteiger partial charge in [-0.15, -0.1) is 0 Å². The number of nitrogens with zero attached hydrogens (tertiary/aromatic N) is 2. The molecule has 0 aromatic heterocycles. The van der Waals surface area contributed by atoms with Gasteiger partial charge in [-0.05, 0) is 57.8 Å². The molecule has 0 spiro atoms. The van der Waals surface area contributed by atoms with Crippen molar-refractivity contribution in [2.75, 3.05) is 44.7 Å². The van der Waals surface area contributed by atoms with Gasteiger partial charge in [0, 0.05) is 36.8 Å². The second kappa shape index (κ2) is 11.9. The van der Waals surface area contributed by atoms with E-state index in [-0.39, 0.29) is 36.7 Å². The number of amides is 2. The summed E-state index contributed by atoms with van der Waals surface area (Å²) in [6.45, 7) is 6.98. The first-order valence-electron chi connectivity index (χ1n) is 11.7. The van der Waals surface area contributed by atoms with E-state index in [9.17, 15) is 14.4 Å². The number of ether oxygens (including phenoxy) is 2. The van der Waals surface area contributed by atoms with Gasteiger partial charge >= 0.3 is 5.97 Å². The Morgan fingerprint density at radius 3 is 2.72 bits per heavy atom. The van der Waals surface area contributed by atoms with Crippen LogP contribution >= 0.6 is 0 Å². The molecule has 1 heterocycles. The second-order valence-electron chi connectivity index (χ2n) is 8.40. The fraction of sp³-hybridized carbons (Fsp3) is 0.625. The molecule has 1 aliphatic heterocycles. The van der Waals surface area contributed by atoms with E-state index < -0.39 is 0 Å². The van der Waals surface area contributed by atoms with Gasteiger partial charge in [0.1, 0.15) is 5.75 Å². The van der Waals surface area contributed by atoms with Gasteiger partial charge in [0.2, 0.25) is 5.91 Å². The van der Waals surface area contributed by atoms with Gasteiger partial charge in [-0.3, -0.25) is 19.3 Å². The minimum absolute atomic E-state index is 0.0282. The standard InChI is InChI=1S/C24H35N3O5/c1-3-26-13-6-8-20(26)16-27(14-12-23(29)31-4-2)22(28)17-32-21-9-5-7-19(15-21)25-24(30)18-10-11-18/h5,7,9,15,18,20H,3-4,6,8,10-14,16-17H2,1-2H3,(H,25,30). The molecule has 8 heteroatoms. The summed E-state index contributed by atoms with van der Waals surface area (Å²) in [6.07, 6.45) is 4.21. The molecule has 1 saturated carbocycles. The maximum absolute atomic E-state index is 13.0. The molecule has 2 aliphatic rings. The number of hydrogen-bond acceptors (Lipinski definition) is 6. The van der Waals surface area contributed by atoms with E-state index >= 15 is 0 Å². The molecule has 1 aromatic rings. The highest BCUT2D eigenvalue weighted by atomic mass is 16.5. The number of carbonyl (C=O) groups is 3. The maximum atomic E-state index is 13.0. The van der Waals surface area contributed by atoms with Crippen molar-refractivity contribution < 1.29 is 23.9 Å². The highest BCUT2D eigenvalue weighted by Crippen LogP contribution is 2.30. The molecule has 2 amide bonds. The van der Waals surface area contributed by atoms with Crippen molar-refractivity contribution in [3.8, 4) is 5.75 Å². The predicted octanol–water partition coefficient (Wildman–Crippen LogP) is 2.68. The van der Waals surface area contributed by atoms with E-state index in [2.05, 4.69) is 17.1 Å². The summed E-state index contributed by atoms with van der Waals surface area (Å²) < 4.78 is 10.8. The van der Waals surface area contributed by atoms with Crippen molar-refractivity contribution in [3.63, 3.8) is 0 Å². The normalized spacial score (nSPS) is 18.2. The molecule has 8 nitrogen and oxygen atoms in total. The zero-order valence-corrected chi connectivity index (χ0v) is 19.2. The highest BCUT2D eigenvalue weighted by Gasteiger charge is 2.30. The van der Waals surface area contributed by atoms with Crippen molar-refractivity contribution in [1.82, 2.24) is 9.80 Å². The number of likely N-dealkylation sites (N-methyl/N-ethyl adjacent to an activating group) is 1. The van der Waals surface area contributed by atoms with Crippen LogP contribution in [0.1, 0.15) is 46.0 Å². The van der Waals surface area contributed by atoms with Crippen LogP contribution in [0.3, 0.4) is 0 Å². The van der Waals surface area contributed by atoms with Crippen LogP contribution in [-0.2, 0) is 19.1 Å². The number of nitrogens with one attached hydrogen (secondary N) is 1. The van der Waals surface area contributed by atoms with Gasteiger partial charge in [0.25, 0.3) is 5.91 Å². The molecule has 1 aromatic carbocycles. The number of hydrogen-bond donors (Lipinski definition) is 1. The lowest BCUT2D eigenvalue weighted by Gasteiger charge is -2.30. The van der Waals surface area contributed by atoms with Gasteiger partial charge in [-0.2, -0.15) is 0 Å². The summed E-state index contributed by atoms with van der Waals surface area (Å²) in [5.41, 5.74) is 0.663. The van der Waals surface area contributed by atoms with Crippen LogP contribution in [0.15, 0.2) is 24.3 Å². The minimum atomic E-state index is -0.302. The molecule has 1 atom stereocenters. The number of carbonyl (C=O) groups excluding carboxylic acids is 3.